The summed E-state index contributed by atoms with van der Waals surface area (Å²) >= 11 is 12.2. The van der Waals surface area contributed by atoms with Crippen LogP contribution in [0.2, 0.25) is 5.02 Å². The zero-order chi connectivity index (χ0) is 26.4. The van der Waals surface area contributed by atoms with Crippen LogP contribution in [-0.2, 0) is 44.7 Å². The van der Waals surface area contributed by atoms with Crippen LogP contribution in [-0.4, -0.2) is 67.3 Å². The van der Waals surface area contributed by atoms with Crippen LogP contribution in [0.4, 0.5) is 0 Å². The van der Waals surface area contributed by atoms with E-state index in [9.17, 15) is 14.4 Å². The predicted octanol–water partition coefficient (Wildman–Crippen LogP) is 4.47. The fourth-order valence-electron chi connectivity index (χ4n) is 2.45. The van der Waals surface area contributed by atoms with Crippen LogP contribution < -0.4 is 4.74 Å². The highest BCUT2D eigenvalue weighted by Crippen LogP contribution is 2.62. The van der Waals surface area contributed by atoms with Crippen molar-refractivity contribution in [1.29, 1.82) is 0 Å². The number of carboxylic acids is 1. The lowest BCUT2D eigenvalue weighted by atomic mass is 10.2. The summed E-state index contributed by atoms with van der Waals surface area (Å²) in [7, 11) is 2.81. The quantitative estimate of drug-likeness (QED) is 0.287. The van der Waals surface area contributed by atoms with E-state index in [1.165, 1.54) is 14.2 Å². The van der Waals surface area contributed by atoms with Gasteiger partial charge in [0.05, 0.1) is 24.7 Å². The maximum atomic E-state index is 11.8. The average Bonchev–Trinajstić information content (AvgIpc) is 2.84. The largest absolute Gasteiger partial charge is 0.480 e. The lowest BCUT2D eigenvalue weighted by Crippen LogP contribution is -2.24. The zero-order valence-corrected chi connectivity index (χ0v) is 22.9. The molecular formula is C21H27ClNO9PS2. The number of carbonyl (C=O) groups is 3. The van der Waals surface area contributed by atoms with Crippen LogP contribution in [0.5, 0.6) is 5.75 Å². The molecule has 194 valence electrons. The molecule has 1 aromatic heterocycles. The first kappa shape index (κ1) is 31.1. The second-order valence-corrected chi connectivity index (χ2v) is 13.3. The topological polar surface area (TPSA) is 130 Å². The van der Waals surface area contributed by atoms with Crippen LogP contribution >= 0.6 is 28.7 Å². The highest BCUT2D eigenvalue weighted by Gasteiger charge is 2.32. The predicted molar refractivity (Wildman–Crippen MR) is 137 cm³/mol. The van der Waals surface area contributed by atoms with Gasteiger partial charge in [0.25, 0.3) is 0 Å². The molecule has 14 heteroatoms. The number of nitrogens with zero attached hydrogens (tertiary/aromatic N) is 1. The van der Waals surface area contributed by atoms with E-state index in [2.05, 4.69) is 4.98 Å². The first-order chi connectivity index (χ1) is 16.6. The number of aromatic nitrogens is 1. The van der Waals surface area contributed by atoms with E-state index in [4.69, 9.17) is 51.8 Å². The van der Waals surface area contributed by atoms with Gasteiger partial charge in [0, 0.05) is 25.8 Å². The molecule has 1 heterocycles. The Balaban J connectivity index is 0.000000353. The second kappa shape index (κ2) is 15.9. The first-order valence-corrected chi connectivity index (χ1v) is 14.7. The monoisotopic (exact) mass is 567 g/mol. The molecule has 1 N–H and O–H groups in total. The van der Waals surface area contributed by atoms with Gasteiger partial charge in [0.15, 0.2) is 6.61 Å². The minimum Gasteiger partial charge on any atom is -0.480 e. The minimum absolute atomic E-state index is 0.123. The Bertz CT molecular complexity index is 1050. The Morgan fingerprint density at radius 2 is 1.80 bits per heavy atom. The molecule has 1 atom stereocenters. The van der Waals surface area contributed by atoms with Crippen molar-refractivity contribution in [2.45, 2.75) is 25.5 Å². The van der Waals surface area contributed by atoms with Crippen LogP contribution in [0.25, 0.3) is 10.9 Å². The Hall–Kier alpha value is -1.95. The van der Waals surface area contributed by atoms with Crippen molar-refractivity contribution in [3.8, 4) is 5.75 Å². The van der Waals surface area contributed by atoms with Crippen LogP contribution in [0, 0.1) is 0 Å². The van der Waals surface area contributed by atoms with Gasteiger partial charge in [0.2, 0.25) is 5.69 Å². The van der Waals surface area contributed by atoms with E-state index in [0.29, 0.717) is 16.3 Å². The van der Waals surface area contributed by atoms with Gasteiger partial charge in [-0.05, 0) is 49.9 Å². The third kappa shape index (κ3) is 10.7. The number of esters is 2. The number of ether oxygens (including phenoxy) is 3. The molecule has 2 aromatic rings. The molecule has 0 aliphatic rings. The Morgan fingerprint density at radius 1 is 1.14 bits per heavy atom. The summed E-state index contributed by atoms with van der Waals surface area (Å²) in [5.41, 5.74) is -2.08. The maximum absolute atomic E-state index is 11.8. The standard InChI is InChI=1S/C11H8ClNO3.C10H19O6PS2/c12-8-3-4-9(16-6-10(14)15)11-7(8)2-1-5-13-11;1-5-15-9(11)7-8(10(12)16-6-2)19-17(18,13-3)14-4/h1-5H,6H2,(H,14,15);8H,5-7H2,1-4H3. The molecule has 0 radical (unpaired) electrons. The Kier molecular flexibility index (Phi) is 14.1. The highest BCUT2D eigenvalue weighted by atomic mass is 35.5. The molecule has 0 saturated carbocycles. The van der Waals surface area contributed by atoms with E-state index >= 15 is 0 Å². The smallest absolute Gasteiger partial charge is 0.341 e. The summed E-state index contributed by atoms with van der Waals surface area (Å²) in [6.07, 6.45) is 1.48. The maximum Gasteiger partial charge on any atom is 0.341 e. The zero-order valence-electron chi connectivity index (χ0n) is 19.6. The number of hydrogen-bond donors (Lipinski definition) is 1. The van der Waals surface area contributed by atoms with Gasteiger partial charge in [0.1, 0.15) is 16.5 Å². The van der Waals surface area contributed by atoms with Gasteiger partial charge >= 0.3 is 17.9 Å². The van der Waals surface area contributed by atoms with Gasteiger partial charge in [-0.3, -0.25) is 14.6 Å². The van der Waals surface area contributed by atoms with Crippen LogP contribution in [0.15, 0.2) is 30.5 Å². The van der Waals surface area contributed by atoms with E-state index < -0.39 is 35.5 Å². The SMILES string of the molecule is CCOC(=O)CC(SP(=S)(OC)OC)C(=O)OCC.O=C(O)COc1ccc(Cl)c2cccnc12. The Labute approximate surface area is 217 Å². The normalized spacial score (nSPS) is 11.7. The molecule has 0 aliphatic carbocycles. The molecule has 10 nitrogen and oxygen atoms in total. The summed E-state index contributed by atoms with van der Waals surface area (Å²) in [4.78, 5) is 37.8. The summed E-state index contributed by atoms with van der Waals surface area (Å²) in [5, 5.41) is 9.05. The van der Waals surface area contributed by atoms with Crippen molar-refractivity contribution < 1.29 is 42.7 Å². The van der Waals surface area contributed by atoms with E-state index in [1.54, 1.807) is 44.3 Å². The van der Waals surface area contributed by atoms with Gasteiger partial charge in [-0.15, -0.1) is 0 Å². The molecule has 0 aliphatic heterocycles. The molecule has 0 spiro atoms. The number of hydrogen-bond acceptors (Lipinski definition) is 11. The number of rotatable bonds is 12. The first-order valence-electron chi connectivity index (χ1n) is 10.2. The second-order valence-electron chi connectivity index (χ2n) is 6.30. The van der Waals surface area contributed by atoms with Gasteiger partial charge in [-0.2, -0.15) is 0 Å². The number of carbonyl (C=O) groups excluding carboxylic acids is 2. The summed E-state index contributed by atoms with van der Waals surface area (Å²) < 4.78 is 25.0. The van der Waals surface area contributed by atoms with Crippen LogP contribution in [0.1, 0.15) is 20.3 Å². The molecule has 0 amide bonds. The van der Waals surface area contributed by atoms with E-state index in [-0.39, 0.29) is 19.6 Å². The van der Waals surface area contributed by atoms with Crippen molar-refractivity contribution in [1.82, 2.24) is 4.98 Å². The van der Waals surface area contributed by atoms with Crippen molar-refractivity contribution >= 4 is 69.3 Å². The van der Waals surface area contributed by atoms with E-state index in [1.807, 2.05) is 0 Å². The van der Waals surface area contributed by atoms with Crippen molar-refractivity contribution in [2.24, 2.45) is 0 Å². The lowest BCUT2D eigenvalue weighted by molar-refractivity contribution is -0.149. The fraction of sp³-hybridized carbons (Fsp3) is 0.429. The van der Waals surface area contributed by atoms with Gasteiger partial charge in [-0.1, -0.05) is 23.0 Å². The number of carboxylic acid groups (broad SMARTS) is 1. The molecule has 35 heavy (non-hydrogen) atoms. The number of benzene rings is 1. The van der Waals surface area contributed by atoms with Crippen molar-refractivity contribution in [2.75, 3.05) is 34.0 Å². The number of pyridine rings is 1. The molecule has 0 saturated heterocycles. The third-order valence-corrected chi connectivity index (χ3v) is 10.1. The van der Waals surface area contributed by atoms with Crippen molar-refractivity contribution in [3.63, 3.8) is 0 Å². The van der Waals surface area contributed by atoms with Crippen molar-refractivity contribution in [3.05, 3.63) is 35.5 Å². The third-order valence-electron chi connectivity index (χ3n) is 3.94. The van der Waals surface area contributed by atoms with Gasteiger partial charge < -0.3 is 28.4 Å². The number of aliphatic carboxylic acids is 1. The molecule has 0 bridgehead atoms. The van der Waals surface area contributed by atoms with Gasteiger partial charge in [-0.25, -0.2) is 4.79 Å². The minimum atomic E-state index is -2.65. The molecule has 0 fully saturated rings. The fourth-order valence-corrected chi connectivity index (χ4v) is 6.54. The molecule has 1 aromatic carbocycles. The molecular weight excluding hydrogens is 541 g/mol. The summed E-state index contributed by atoms with van der Waals surface area (Å²) in [6.45, 7) is 3.46. The van der Waals surface area contributed by atoms with E-state index in [0.717, 1.165) is 16.8 Å². The summed E-state index contributed by atoms with van der Waals surface area (Å²) in [6, 6.07) is 6.83. The summed E-state index contributed by atoms with van der Waals surface area (Å²) in [5.74, 6) is -1.62. The van der Waals surface area contributed by atoms with Crippen LogP contribution in [0.3, 0.4) is 0 Å². The number of halogens is 1. The Morgan fingerprint density at radius 3 is 2.37 bits per heavy atom. The molecule has 1 unspecified atom stereocenters. The average molecular weight is 568 g/mol. The lowest BCUT2D eigenvalue weighted by Gasteiger charge is -2.21. The molecule has 2 rings (SSSR count). The highest BCUT2D eigenvalue weighted by molar-refractivity contribution is 8.68. The number of fused-ring (bicyclic) bond motifs is 1.